The third-order valence-electron chi connectivity index (χ3n) is 2.60. The molecule has 1 aromatic heterocycles. The average molecular weight is 297 g/mol. The number of rotatable bonds is 5. The van der Waals surface area contributed by atoms with E-state index in [1.165, 1.54) is 12.3 Å². The van der Waals surface area contributed by atoms with E-state index in [9.17, 15) is 10.1 Å². The summed E-state index contributed by atoms with van der Waals surface area (Å²) >= 11 is 0. The smallest absolute Gasteiger partial charge is 0.278 e. The molecule has 0 aliphatic carbocycles. The minimum Gasteiger partial charge on any atom is -0.418 e. The highest BCUT2D eigenvalue weighted by Gasteiger charge is 2.13. The maximum Gasteiger partial charge on any atom is 0.278 e. The number of hydrazone groups is 1. The molecule has 1 aromatic carbocycles. The number of nitriles is 1. The predicted molar refractivity (Wildman–Crippen MR) is 80.2 cm³/mol. The van der Waals surface area contributed by atoms with Crippen LogP contribution in [0, 0.1) is 21.4 Å². The number of allylic oxidation sites excluding steroid dienone is 1. The zero-order chi connectivity index (χ0) is 16.1. The predicted octanol–water partition coefficient (Wildman–Crippen LogP) is 2.93. The van der Waals surface area contributed by atoms with Gasteiger partial charge in [-0.2, -0.15) is 15.3 Å². The van der Waals surface area contributed by atoms with Crippen LogP contribution in [0.4, 0.5) is 11.6 Å². The summed E-state index contributed by atoms with van der Waals surface area (Å²) in [5.41, 5.74) is 3.34. The molecule has 1 N–H and O–H groups in total. The summed E-state index contributed by atoms with van der Waals surface area (Å²) in [6.07, 6.45) is 1.27. The molecule has 22 heavy (non-hydrogen) atoms. The molecule has 0 saturated carbocycles. The number of benzene rings is 1. The molecule has 110 valence electrons. The number of oxazole rings is 1. The monoisotopic (exact) mass is 297 g/mol. The third-order valence-corrected chi connectivity index (χ3v) is 2.60. The summed E-state index contributed by atoms with van der Waals surface area (Å²) in [5.74, 6) is 0.273. The van der Waals surface area contributed by atoms with Crippen LogP contribution in [-0.2, 0) is 0 Å². The van der Waals surface area contributed by atoms with Crippen LogP contribution in [0.15, 0.2) is 40.4 Å². The lowest BCUT2D eigenvalue weighted by Gasteiger charge is -1.97. The molecule has 0 aliphatic heterocycles. The zero-order valence-corrected chi connectivity index (χ0v) is 11.6. The largest absolute Gasteiger partial charge is 0.418 e. The van der Waals surface area contributed by atoms with Crippen molar-refractivity contribution >= 4 is 23.4 Å². The van der Waals surface area contributed by atoms with Gasteiger partial charge in [-0.25, -0.2) is 5.43 Å². The van der Waals surface area contributed by atoms with Gasteiger partial charge >= 0.3 is 0 Å². The van der Waals surface area contributed by atoms with Gasteiger partial charge in [0.2, 0.25) is 11.6 Å². The minimum atomic E-state index is -0.504. The number of nitro benzene ring substituents is 1. The lowest BCUT2D eigenvalue weighted by atomic mass is 10.2. The molecular formula is C14H11N5O3. The van der Waals surface area contributed by atoms with Gasteiger partial charge in [-0.05, 0) is 13.0 Å². The minimum absolute atomic E-state index is 0.0257. The number of nitro groups is 1. The highest BCUT2D eigenvalue weighted by molar-refractivity contribution is 5.85. The van der Waals surface area contributed by atoms with Crippen LogP contribution < -0.4 is 5.43 Å². The van der Waals surface area contributed by atoms with E-state index in [0.717, 1.165) is 0 Å². The average Bonchev–Trinajstić information content (AvgIpc) is 2.91. The fourth-order valence-electron chi connectivity index (χ4n) is 1.58. The molecule has 8 heteroatoms. The molecule has 2 rings (SSSR count). The number of nitrogens with zero attached hydrogens (tertiary/aromatic N) is 4. The molecule has 0 radical (unpaired) electrons. The molecule has 0 fully saturated rings. The SMILES string of the molecule is C=C(C)c1nc(C#N)c(NN=Cc2ccccc2[N+](=O)[O-])o1. The molecule has 1 heterocycles. The normalized spacial score (nSPS) is 10.4. The van der Waals surface area contributed by atoms with Gasteiger partial charge in [0.25, 0.3) is 11.6 Å². The second-order valence-corrected chi connectivity index (χ2v) is 4.27. The van der Waals surface area contributed by atoms with Gasteiger partial charge in [0.15, 0.2) is 0 Å². The van der Waals surface area contributed by atoms with Crippen LogP contribution in [0.3, 0.4) is 0 Å². The highest BCUT2D eigenvalue weighted by Crippen LogP contribution is 2.21. The number of nitrogens with one attached hydrogen (secondary N) is 1. The number of aromatic nitrogens is 1. The van der Waals surface area contributed by atoms with Gasteiger partial charge in [-0.1, -0.05) is 18.7 Å². The van der Waals surface area contributed by atoms with Gasteiger partial charge in [0.1, 0.15) is 6.07 Å². The van der Waals surface area contributed by atoms with Crippen molar-refractivity contribution in [3.05, 3.63) is 58.1 Å². The summed E-state index contributed by atoms with van der Waals surface area (Å²) < 4.78 is 5.29. The Hall–Kier alpha value is -3.47. The molecule has 8 nitrogen and oxygen atoms in total. The molecule has 0 aliphatic rings. The zero-order valence-electron chi connectivity index (χ0n) is 11.6. The van der Waals surface area contributed by atoms with Crippen molar-refractivity contribution in [1.82, 2.24) is 4.98 Å². The number of para-hydroxylation sites is 1. The summed E-state index contributed by atoms with van der Waals surface area (Å²) in [6.45, 7) is 5.35. The quantitative estimate of drug-likeness (QED) is 0.515. The first kappa shape index (κ1) is 14.9. The van der Waals surface area contributed by atoms with E-state index in [4.69, 9.17) is 9.68 Å². The van der Waals surface area contributed by atoms with E-state index in [1.807, 2.05) is 6.07 Å². The molecule has 0 unspecified atom stereocenters. The Morgan fingerprint density at radius 3 is 2.95 bits per heavy atom. The Morgan fingerprint density at radius 1 is 1.59 bits per heavy atom. The van der Waals surface area contributed by atoms with Crippen molar-refractivity contribution in [2.24, 2.45) is 5.10 Å². The summed E-state index contributed by atoms with van der Waals surface area (Å²) in [7, 11) is 0. The second kappa shape index (κ2) is 6.32. The van der Waals surface area contributed by atoms with Crippen LogP contribution in [0.5, 0.6) is 0 Å². The van der Waals surface area contributed by atoms with E-state index in [2.05, 4.69) is 22.1 Å². The number of hydrogen-bond acceptors (Lipinski definition) is 7. The molecular weight excluding hydrogens is 286 g/mol. The van der Waals surface area contributed by atoms with Crippen LogP contribution in [0.1, 0.15) is 24.1 Å². The fourth-order valence-corrected chi connectivity index (χ4v) is 1.58. The van der Waals surface area contributed by atoms with Crippen LogP contribution in [0.2, 0.25) is 0 Å². The summed E-state index contributed by atoms with van der Waals surface area (Å²) in [5, 5.41) is 23.7. The number of hydrogen-bond donors (Lipinski definition) is 1. The van der Waals surface area contributed by atoms with E-state index >= 15 is 0 Å². The molecule has 0 bridgehead atoms. The summed E-state index contributed by atoms with van der Waals surface area (Å²) in [6, 6.07) is 8.00. The van der Waals surface area contributed by atoms with Crippen LogP contribution in [0.25, 0.3) is 5.57 Å². The Balaban J connectivity index is 2.22. The first-order valence-corrected chi connectivity index (χ1v) is 6.12. The lowest BCUT2D eigenvalue weighted by Crippen LogP contribution is -1.96. The highest BCUT2D eigenvalue weighted by atomic mass is 16.6. The Kier molecular flexibility index (Phi) is 4.29. The van der Waals surface area contributed by atoms with Crippen molar-refractivity contribution in [1.29, 1.82) is 5.26 Å². The lowest BCUT2D eigenvalue weighted by molar-refractivity contribution is -0.385. The van der Waals surface area contributed by atoms with E-state index < -0.39 is 4.92 Å². The topological polar surface area (TPSA) is 117 Å². The van der Waals surface area contributed by atoms with Crippen molar-refractivity contribution in [2.75, 3.05) is 5.43 Å². The first-order chi connectivity index (χ1) is 10.5. The van der Waals surface area contributed by atoms with E-state index in [1.54, 1.807) is 25.1 Å². The first-order valence-electron chi connectivity index (χ1n) is 6.12. The second-order valence-electron chi connectivity index (χ2n) is 4.27. The Morgan fingerprint density at radius 2 is 2.32 bits per heavy atom. The molecule has 2 aromatic rings. The molecule has 0 amide bonds. The standard InChI is InChI=1S/C14H11N5O3/c1-9(2)13-17-11(7-15)14(22-13)18-16-8-10-5-3-4-6-12(10)19(20)21/h3-6,8,18H,1H2,2H3. The van der Waals surface area contributed by atoms with Crippen molar-refractivity contribution in [3.63, 3.8) is 0 Å². The van der Waals surface area contributed by atoms with Crippen molar-refractivity contribution < 1.29 is 9.34 Å². The molecule has 0 atom stereocenters. The van der Waals surface area contributed by atoms with E-state index in [-0.39, 0.29) is 23.2 Å². The molecule has 0 spiro atoms. The van der Waals surface area contributed by atoms with Crippen molar-refractivity contribution in [2.45, 2.75) is 6.92 Å². The maximum absolute atomic E-state index is 10.9. The Bertz CT molecular complexity index is 801. The number of anilines is 1. The van der Waals surface area contributed by atoms with Gasteiger partial charge in [-0.3, -0.25) is 10.1 Å². The summed E-state index contributed by atoms with van der Waals surface area (Å²) in [4.78, 5) is 14.3. The third kappa shape index (κ3) is 3.16. The Labute approximate surface area is 125 Å². The fraction of sp³-hybridized carbons (Fsp3) is 0.0714. The van der Waals surface area contributed by atoms with Crippen LogP contribution in [-0.4, -0.2) is 16.1 Å². The van der Waals surface area contributed by atoms with Gasteiger partial charge in [0.05, 0.1) is 16.7 Å². The van der Waals surface area contributed by atoms with Gasteiger partial charge < -0.3 is 4.42 Å². The van der Waals surface area contributed by atoms with Crippen molar-refractivity contribution in [3.8, 4) is 6.07 Å². The van der Waals surface area contributed by atoms with Crippen LogP contribution >= 0.6 is 0 Å². The van der Waals surface area contributed by atoms with E-state index in [0.29, 0.717) is 11.1 Å². The molecule has 0 saturated heterocycles. The van der Waals surface area contributed by atoms with Gasteiger partial charge in [0, 0.05) is 11.6 Å². The maximum atomic E-state index is 10.9. The van der Waals surface area contributed by atoms with Gasteiger partial charge in [-0.15, -0.1) is 0 Å².